The molecule has 1 aliphatic rings. The van der Waals surface area contributed by atoms with E-state index in [1.54, 1.807) is 27.5 Å². The normalized spacial score (nSPS) is 14.5. The third-order valence-electron chi connectivity index (χ3n) is 4.37. The van der Waals surface area contributed by atoms with E-state index in [1.165, 1.54) is 12.8 Å². The number of nitrogens with zero attached hydrogens (tertiary/aromatic N) is 4. The van der Waals surface area contributed by atoms with Crippen molar-refractivity contribution in [2.75, 3.05) is 44.6 Å². The molecule has 0 aliphatic carbocycles. The van der Waals surface area contributed by atoms with Crippen molar-refractivity contribution in [1.82, 2.24) is 15.2 Å². The Kier molecular flexibility index (Phi) is 5.93. The van der Waals surface area contributed by atoms with E-state index < -0.39 is 0 Å². The average Bonchev–Trinajstić information content (AvgIpc) is 2.97. The van der Waals surface area contributed by atoms with Gasteiger partial charge in [-0.2, -0.15) is 10.1 Å². The van der Waals surface area contributed by atoms with Crippen LogP contribution in [-0.2, 0) is 0 Å². The Hall–Kier alpha value is -2.77. The van der Waals surface area contributed by atoms with Gasteiger partial charge in [0.1, 0.15) is 0 Å². The molecular weight excluding hydrogens is 334 g/mol. The van der Waals surface area contributed by atoms with E-state index in [2.05, 4.69) is 25.4 Å². The van der Waals surface area contributed by atoms with E-state index in [0.717, 1.165) is 31.6 Å². The van der Waals surface area contributed by atoms with Crippen LogP contribution >= 0.6 is 0 Å². The summed E-state index contributed by atoms with van der Waals surface area (Å²) in [7, 11) is 4.75. The number of aromatic nitrogens is 3. The molecule has 0 saturated carbocycles. The second kappa shape index (κ2) is 8.55. The largest absolute Gasteiger partial charge is 0.493 e. The molecule has 140 valence electrons. The van der Waals surface area contributed by atoms with Gasteiger partial charge in [0.15, 0.2) is 17.3 Å². The smallest absolute Gasteiger partial charge is 0.247 e. The first-order valence-corrected chi connectivity index (χ1v) is 8.77. The molecule has 1 fully saturated rings. The van der Waals surface area contributed by atoms with Crippen molar-refractivity contribution in [3.63, 3.8) is 0 Å². The van der Waals surface area contributed by atoms with Crippen LogP contribution in [0.25, 0.3) is 0 Å². The van der Waals surface area contributed by atoms with Crippen LogP contribution in [0.4, 0.5) is 17.5 Å². The van der Waals surface area contributed by atoms with Gasteiger partial charge in [-0.3, -0.25) is 0 Å². The predicted octanol–water partition coefficient (Wildman–Crippen LogP) is 3.02. The summed E-state index contributed by atoms with van der Waals surface area (Å²) >= 11 is 0. The maximum absolute atomic E-state index is 5.39. The van der Waals surface area contributed by atoms with Crippen LogP contribution in [0.3, 0.4) is 0 Å². The first-order valence-electron chi connectivity index (χ1n) is 8.77. The van der Waals surface area contributed by atoms with Crippen LogP contribution in [0.1, 0.15) is 25.7 Å². The lowest BCUT2D eigenvalue weighted by molar-refractivity contribution is 0.324. The average molecular weight is 359 g/mol. The number of ether oxygens (including phenoxy) is 3. The summed E-state index contributed by atoms with van der Waals surface area (Å²) in [6.07, 6.45) is 6.44. The monoisotopic (exact) mass is 359 g/mol. The molecule has 0 spiro atoms. The molecule has 3 rings (SSSR count). The molecular formula is C18H25N5O3. The fraction of sp³-hybridized carbons (Fsp3) is 0.500. The van der Waals surface area contributed by atoms with Crippen molar-refractivity contribution >= 4 is 17.5 Å². The molecule has 8 nitrogen and oxygen atoms in total. The van der Waals surface area contributed by atoms with E-state index in [-0.39, 0.29) is 0 Å². The molecule has 1 saturated heterocycles. The molecule has 0 unspecified atom stereocenters. The minimum atomic E-state index is 0.548. The summed E-state index contributed by atoms with van der Waals surface area (Å²) in [5, 5.41) is 11.5. The number of methoxy groups -OCH3 is 3. The number of rotatable bonds is 6. The van der Waals surface area contributed by atoms with Gasteiger partial charge < -0.3 is 24.4 Å². The highest BCUT2D eigenvalue weighted by molar-refractivity contribution is 5.66. The number of anilines is 3. The summed E-state index contributed by atoms with van der Waals surface area (Å²) in [5.74, 6) is 2.97. The van der Waals surface area contributed by atoms with Gasteiger partial charge >= 0.3 is 0 Å². The lowest BCUT2D eigenvalue weighted by atomic mass is 10.2. The molecule has 0 radical (unpaired) electrons. The van der Waals surface area contributed by atoms with E-state index in [1.807, 2.05) is 12.1 Å². The summed E-state index contributed by atoms with van der Waals surface area (Å²) < 4.78 is 16.1. The van der Waals surface area contributed by atoms with Gasteiger partial charge in [0.2, 0.25) is 11.7 Å². The van der Waals surface area contributed by atoms with Crippen molar-refractivity contribution in [3.8, 4) is 17.2 Å². The topological polar surface area (TPSA) is 81.6 Å². The molecule has 0 bridgehead atoms. The standard InChI is InChI=1S/C18H25N5O3/c1-24-14-10-13(11-15(25-2)17(14)26-3)20-16-12-19-22-18(21-16)23-8-6-4-5-7-9-23/h10-12H,4-9H2,1-3H3,(H,20,21,22). The summed E-state index contributed by atoms with van der Waals surface area (Å²) in [4.78, 5) is 6.81. The highest BCUT2D eigenvalue weighted by Gasteiger charge is 2.16. The summed E-state index contributed by atoms with van der Waals surface area (Å²) in [6, 6.07) is 3.66. The third-order valence-corrected chi connectivity index (χ3v) is 4.37. The van der Waals surface area contributed by atoms with E-state index in [4.69, 9.17) is 14.2 Å². The number of hydrogen-bond acceptors (Lipinski definition) is 8. The van der Waals surface area contributed by atoms with Crippen LogP contribution in [0.2, 0.25) is 0 Å². The van der Waals surface area contributed by atoms with Gasteiger partial charge in [0, 0.05) is 30.9 Å². The number of nitrogens with one attached hydrogen (secondary N) is 1. The number of benzene rings is 1. The second-order valence-corrected chi connectivity index (χ2v) is 6.08. The molecule has 8 heteroatoms. The molecule has 0 amide bonds. The maximum Gasteiger partial charge on any atom is 0.247 e. The van der Waals surface area contributed by atoms with Crippen LogP contribution in [-0.4, -0.2) is 49.6 Å². The molecule has 0 atom stereocenters. The molecule has 1 aromatic heterocycles. The fourth-order valence-electron chi connectivity index (χ4n) is 3.06. The Bertz CT molecular complexity index is 708. The zero-order valence-corrected chi connectivity index (χ0v) is 15.5. The molecule has 1 N–H and O–H groups in total. The lowest BCUT2D eigenvalue weighted by Crippen LogP contribution is -2.26. The van der Waals surface area contributed by atoms with Crippen LogP contribution < -0.4 is 24.4 Å². The quantitative estimate of drug-likeness (QED) is 0.843. The van der Waals surface area contributed by atoms with Crippen molar-refractivity contribution in [1.29, 1.82) is 0 Å². The first-order chi connectivity index (χ1) is 12.7. The predicted molar refractivity (Wildman–Crippen MR) is 99.9 cm³/mol. The third kappa shape index (κ3) is 4.07. The summed E-state index contributed by atoms with van der Waals surface area (Å²) in [6.45, 7) is 1.94. The van der Waals surface area contributed by atoms with E-state index >= 15 is 0 Å². The Labute approximate surface area is 153 Å². The van der Waals surface area contributed by atoms with Crippen LogP contribution in [0, 0.1) is 0 Å². The molecule has 1 aromatic carbocycles. The van der Waals surface area contributed by atoms with Gasteiger partial charge in [-0.15, -0.1) is 5.10 Å². The van der Waals surface area contributed by atoms with Gasteiger partial charge in [-0.1, -0.05) is 12.8 Å². The molecule has 26 heavy (non-hydrogen) atoms. The zero-order valence-electron chi connectivity index (χ0n) is 15.5. The highest BCUT2D eigenvalue weighted by Crippen LogP contribution is 2.40. The SMILES string of the molecule is COc1cc(Nc2cnnc(N3CCCCCC3)n2)cc(OC)c1OC. The number of hydrogen-bond donors (Lipinski definition) is 1. The Morgan fingerprint density at radius 1 is 0.923 bits per heavy atom. The molecule has 2 aromatic rings. The molecule has 1 aliphatic heterocycles. The zero-order chi connectivity index (χ0) is 18.4. The summed E-state index contributed by atoms with van der Waals surface area (Å²) in [5.41, 5.74) is 0.766. The fourth-order valence-corrected chi connectivity index (χ4v) is 3.06. The van der Waals surface area contributed by atoms with Gasteiger partial charge in [0.25, 0.3) is 0 Å². The van der Waals surface area contributed by atoms with E-state index in [9.17, 15) is 0 Å². The Morgan fingerprint density at radius 2 is 1.58 bits per heavy atom. The van der Waals surface area contributed by atoms with Crippen molar-refractivity contribution in [3.05, 3.63) is 18.3 Å². The second-order valence-electron chi connectivity index (χ2n) is 6.08. The Balaban J connectivity index is 1.83. The first kappa shape index (κ1) is 18.0. The van der Waals surface area contributed by atoms with Crippen molar-refractivity contribution < 1.29 is 14.2 Å². The van der Waals surface area contributed by atoms with Crippen LogP contribution in [0.5, 0.6) is 17.2 Å². The van der Waals surface area contributed by atoms with Crippen LogP contribution in [0.15, 0.2) is 18.3 Å². The van der Waals surface area contributed by atoms with E-state index in [0.29, 0.717) is 29.0 Å². The van der Waals surface area contributed by atoms with Gasteiger partial charge in [0.05, 0.1) is 27.5 Å². The lowest BCUT2D eigenvalue weighted by Gasteiger charge is -2.20. The van der Waals surface area contributed by atoms with Gasteiger partial charge in [-0.25, -0.2) is 0 Å². The van der Waals surface area contributed by atoms with Crippen molar-refractivity contribution in [2.24, 2.45) is 0 Å². The maximum atomic E-state index is 5.39. The molecule has 2 heterocycles. The Morgan fingerprint density at radius 3 is 2.15 bits per heavy atom. The minimum absolute atomic E-state index is 0.548. The minimum Gasteiger partial charge on any atom is -0.493 e. The highest BCUT2D eigenvalue weighted by atomic mass is 16.5. The van der Waals surface area contributed by atoms with Gasteiger partial charge in [-0.05, 0) is 12.8 Å². The van der Waals surface area contributed by atoms with Crippen molar-refractivity contribution in [2.45, 2.75) is 25.7 Å².